The number of fused-ring (bicyclic) bond motifs is 1. The third-order valence-corrected chi connectivity index (χ3v) is 7.70. The number of aryl methyl sites for hydroxylation is 1. The zero-order valence-electron chi connectivity index (χ0n) is 21.3. The van der Waals surface area contributed by atoms with Crippen LogP contribution >= 0.6 is 0 Å². The molecule has 0 atom stereocenters. The Morgan fingerprint density at radius 3 is 1.94 bits per heavy atom. The summed E-state index contributed by atoms with van der Waals surface area (Å²) in [7, 11) is 1.60. The summed E-state index contributed by atoms with van der Waals surface area (Å²) in [5.74, 6) is 1.04. The van der Waals surface area contributed by atoms with Crippen molar-refractivity contribution in [2.75, 3.05) is 33.3 Å². The zero-order chi connectivity index (χ0) is 25.2. The van der Waals surface area contributed by atoms with Crippen LogP contribution in [0.2, 0.25) is 0 Å². The molecule has 2 N–H and O–H groups in total. The van der Waals surface area contributed by atoms with Crippen molar-refractivity contribution in [1.29, 1.82) is 0 Å². The monoisotopic (exact) mass is 492 g/mol. The zero-order valence-corrected chi connectivity index (χ0v) is 21.3. The lowest BCUT2D eigenvalue weighted by Gasteiger charge is -2.29. The normalized spacial score (nSPS) is 17.5. The molecule has 2 aliphatic rings. The average molecular weight is 493 g/mol. The minimum atomic E-state index is -0.281. The summed E-state index contributed by atoms with van der Waals surface area (Å²) < 4.78 is 11.5. The van der Waals surface area contributed by atoms with Gasteiger partial charge in [0.25, 0.3) is 0 Å². The van der Waals surface area contributed by atoms with Crippen LogP contribution in [0.25, 0.3) is 22.1 Å². The smallest absolute Gasteiger partial charge is 0.204 e. The van der Waals surface area contributed by atoms with E-state index in [9.17, 15) is 15.0 Å². The quantitative estimate of drug-likeness (QED) is 0.492. The van der Waals surface area contributed by atoms with E-state index in [1.165, 1.54) is 12.8 Å². The molecule has 192 valence electrons. The van der Waals surface area contributed by atoms with Gasteiger partial charge >= 0.3 is 0 Å². The van der Waals surface area contributed by atoms with Crippen LogP contribution in [-0.2, 0) is 13.1 Å². The van der Waals surface area contributed by atoms with Gasteiger partial charge in [-0.25, -0.2) is 0 Å². The molecule has 0 bridgehead atoms. The Bertz CT molecular complexity index is 1290. The van der Waals surface area contributed by atoms with Gasteiger partial charge in [-0.05, 0) is 76.5 Å². The van der Waals surface area contributed by atoms with Crippen LogP contribution in [0.1, 0.15) is 55.4 Å². The number of nitrogens with zero attached hydrogens (tertiary/aromatic N) is 2. The lowest BCUT2D eigenvalue weighted by Crippen LogP contribution is -2.30. The molecule has 0 aliphatic carbocycles. The molecule has 0 spiro atoms. The predicted octanol–water partition coefficient (Wildman–Crippen LogP) is 5.16. The minimum Gasteiger partial charge on any atom is -0.507 e. The molecular weight excluding hydrogens is 456 g/mol. The van der Waals surface area contributed by atoms with Gasteiger partial charge in [-0.2, -0.15) is 0 Å². The first-order valence-electron chi connectivity index (χ1n) is 13.1. The van der Waals surface area contributed by atoms with Gasteiger partial charge in [-0.3, -0.25) is 14.6 Å². The maximum Gasteiger partial charge on any atom is 0.204 e. The molecule has 36 heavy (non-hydrogen) atoms. The first-order valence-corrected chi connectivity index (χ1v) is 13.1. The minimum absolute atomic E-state index is 0.0518. The van der Waals surface area contributed by atoms with E-state index >= 15 is 0 Å². The van der Waals surface area contributed by atoms with Crippen LogP contribution in [-0.4, -0.2) is 53.3 Å². The molecule has 2 saturated heterocycles. The highest BCUT2D eigenvalue weighted by Gasteiger charge is 2.28. The summed E-state index contributed by atoms with van der Waals surface area (Å²) in [6.45, 7) is 6.37. The molecule has 7 nitrogen and oxygen atoms in total. The molecule has 2 aromatic carbocycles. The van der Waals surface area contributed by atoms with Crippen molar-refractivity contribution >= 4 is 11.0 Å². The van der Waals surface area contributed by atoms with Crippen LogP contribution in [0.15, 0.2) is 33.5 Å². The molecular formula is C29H36N2O5. The number of ether oxygens (including phenoxy) is 1. The van der Waals surface area contributed by atoms with E-state index in [-0.39, 0.29) is 27.9 Å². The largest absolute Gasteiger partial charge is 0.507 e. The van der Waals surface area contributed by atoms with Gasteiger partial charge in [0.15, 0.2) is 0 Å². The topological polar surface area (TPSA) is 86.4 Å². The van der Waals surface area contributed by atoms with Crippen molar-refractivity contribution in [1.82, 2.24) is 9.80 Å². The van der Waals surface area contributed by atoms with Crippen molar-refractivity contribution in [3.63, 3.8) is 0 Å². The number of rotatable bonds is 6. The fourth-order valence-corrected chi connectivity index (χ4v) is 5.69. The fraction of sp³-hybridized carbons (Fsp3) is 0.483. The molecule has 7 heteroatoms. The molecule has 3 heterocycles. The van der Waals surface area contributed by atoms with Gasteiger partial charge in [-0.15, -0.1) is 0 Å². The van der Waals surface area contributed by atoms with Crippen molar-refractivity contribution in [2.45, 2.75) is 58.5 Å². The van der Waals surface area contributed by atoms with Gasteiger partial charge in [0, 0.05) is 13.1 Å². The molecule has 0 unspecified atom stereocenters. The Morgan fingerprint density at radius 2 is 1.39 bits per heavy atom. The molecule has 3 aromatic rings. The summed E-state index contributed by atoms with van der Waals surface area (Å²) in [5, 5.41) is 23.1. The third-order valence-electron chi connectivity index (χ3n) is 7.70. The van der Waals surface area contributed by atoms with Gasteiger partial charge in [0.2, 0.25) is 5.43 Å². The Kier molecular flexibility index (Phi) is 7.21. The van der Waals surface area contributed by atoms with E-state index in [4.69, 9.17) is 9.15 Å². The second-order valence-corrected chi connectivity index (χ2v) is 10.1. The molecule has 0 amide bonds. The number of phenols is 2. The summed E-state index contributed by atoms with van der Waals surface area (Å²) in [6.07, 6.45) is 6.82. The molecule has 5 rings (SSSR count). The number of phenolic OH excluding ortho intramolecular Hbond substituents is 2. The maximum atomic E-state index is 14.0. The number of likely N-dealkylation sites (tertiary alicyclic amines) is 2. The van der Waals surface area contributed by atoms with Gasteiger partial charge in [-0.1, -0.05) is 25.0 Å². The van der Waals surface area contributed by atoms with Crippen LogP contribution in [0, 0.1) is 6.92 Å². The van der Waals surface area contributed by atoms with E-state index < -0.39 is 0 Å². The molecule has 0 radical (unpaired) electrons. The van der Waals surface area contributed by atoms with Crippen molar-refractivity contribution in [3.8, 4) is 28.4 Å². The second kappa shape index (κ2) is 10.5. The summed E-state index contributed by atoms with van der Waals surface area (Å²) in [5.41, 5.74) is 2.14. The first-order chi connectivity index (χ1) is 17.5. The molecule has 1 aromatic heterocycles. The summed E-state index contributed by atoms with van der Waals surface area (Å²) in [6, 6.07) is 7.26. The Balaban J connectivity index is 1.69. The standard InChI is InChI=1S/C29H36N2O5/c1-19-24(20-9-11-21(35-2)12-10-20)28(34)25-27(33)22(17-30-13-5-3-6-14-30)26(32)23(29(25)36-19)18-31-15-7-4-8-16-31/h9-12,32-33H,3-8,13-18H2,1-2H3. The van der Waals surface area contributed by atoms with E-state index in [1.54, 1.807) is 26.2 Å². The fourth-order valence-electron chi connectivity index (χ4n) is 5.69. The maximum absolute atomic E-state index is 14.0. The van der Waals surface area contributed by atoms with Gasteiger partial charge < -0.3 is 19.4 Å². The van der Waals surface area contributed by atoms with Crippen molar-refractivity contribution in [2.24, 2.45) is 0 Å². The Morgan fingerprint density at radius 1 is 0.833 bits per heavy atom. The molecule has 2 aliphatic heterocycles. The first kappa shape index (κ1) is 24.7. The van der Waals surface area contributed by atoms with E-state index in [1.807, 2.05) is 12.1 Å². The average Bonchev–Trinajstić information content (AvgIpc) is 2.90. The van der Waals surface area contributed by atoms with E-state index in [0.29, 0.717) is 46.9 Å². The predicted molar refractivity (Wildman–Crippen MR) is 141 cm³/mol. The molecule has 2 fully saturated rings. The van der Waals surface area contributed by atoms with E-state index in [2.05, 4.69) is 9.80 Å². The van der Waals surface area contributed by atoms with Crippen molar-refractivity contribution < 1.29 is 19.4 Å². The summed E-state index contributed by atoms with van der Waals surface area (Å²) in [4.78, 5) is 18.5. The van der Waals surface area contributed by atoms with Gasteiger partial charge in [0.05, 0.1) is 23.8 Å². The number of benzene rings is 2. The van der Waals surface area contributed by atoms with Crippen LogP contribution in [0.3, 0.4) is 0 Å². The van der Waals surface area contributed by atoms with Gasteiger partial charge in [0.1, 0.15) is 34.0 Å². The van der Waals surface area contributed by atoms with Crippen LogP contribution in [0.5, 0.6) is 17.2 Å². The number of aromatic hydroxyl groups is 2. The number of hydrogen-bond donors (Lipinski definition) is 2. The highest BCUT2D eigenvalue weighted by Crippen LogP contribution is 2.42. The Hall–Kier alpha value is -3.03. The Labute approximate surface area is 211 Å². The molecule has 0 saturated carbocycles. The highest BCUT2D eigenvalue weighted by molar-refractivity contribution is 5.93. The van der Waals surface area contributed by atoms with Crippen LogP contribution < -0.4 is 10.2 Å². The highest BCUT2D eigenvalue weighted by atomic mass is 16.5. The number of hydrogen-bond acceptors (Lipinski definition) is 7. The number of methoxy groups -OCH3 is 1. The lowest BCUT2D eigenvalue weighted by atomic mass is 9.96. The number of piperidine rings is 2. The summed E-state index contributed by atoms with van der Waals surface area (Å²) >= 11 is 0. The van der Waals surface area contributed by atoms with Crippen LogP contribution in [0.4, 0.5) is 0 Å². The second-order valence-electron chi connectivity index (χ2n) is 10.1. The third kappa shape index (κ3) is 4.70. The lowest BCUT2D eigenvalue weighted by molar-refractivity contribution is 0.211. The van der Waals surface area contributed by atoms with Crippen molar-refractivity contribution in [3.05, 3.63) is 51.4 Å². The SMILES string of the molecule is COc1ccc(-c2c(C)oc3c(CN4CCCCC4)c(O)c(CN4CCCCC4)c(O)c3c2=O)cc1. The van der Waals surface area contributed by atoms with E-state index in [0.717, 1.165) is 51.9 Å².